The molecule has 5 rings (SSSR count). The van der Waals surface area contributed by atoms with Gasteiger partial charge in [0.1, 0.15) is 11.2 Å². The number of fused-ring (bicyclic) bond motifs is 1. The lowest BCUT2D eigenvalue weighted by molar-refractivity contribution is -0.121. The highest BCUT2D eigenvalue weighted by molar-refractivity contribution is 5.77. The first kappa shape index (κ1) is 21.3. The SMILES string of the molecule is C[C@@H](NC(=O)CCc1nc2c(cnn2-c2ccccc2)c(=O)[nH]1)c1ccc(-n2ccnc2)cc1. The number of carbonyl (C=O) groups is 1. The van der Waals surface area contributed by atoms with E-state index in [1.165, 1.54) is 6.20 Å². The van der Waals surface area contributed by atoms with E-state index in [0.29, 0.717) is 23.3 Å². The first-order valence-electron chi connectivity index (χ1n) is 11.0. The van der Waals surface area contributed by atoms with Crippen LogP contribution in [0.3, 0.4) is 0 Å². The maximum atomic E-state index is 12.6. The Bertz CT molecular complexity index is 1470. The number of imidazole rings is 1. The molecule has 0 unspecified atom stereocenters. The first-order valence-corrected chi connectivity index (χ1v) is 11.0. The van der Waals surface area contributed by atoms with Crippen molar-refractivity contribution in [3.63, 3.8) is 0 Å². The Kier molecular flexibility index (Phi) is 5.73. The number of rotatable bonds is 7. The zero-order valence-corrected chi connectivity index (χ0v) is 18.5. The molecular weight excluding hydrogens is 430 g/mol. The molecule has 0 saturated carbocycles. The third-order valence-corrected chi connectivity index (χ3v) is 5.65. The maximum absolute atomic E-state index is 12.6. The number of amides is 1. The molecule has 0 saturated heterocycles. The van der Waals surface area contributed by atoms with Crippen molar-refractivity contribution in [3.05, 3.63) is 101 Å². The van der Waals surface area contributed by atoms with Gasteiger partial charge in [0, 0.05) is 30.9 Å². The highest BCUT2D eigenvalue weighted by Gasteiger charge is 2.14. The van der Waals surface area contributed by atoms with Gasteiger partial charge in [0.05, 0.1) is 24.3 Å². The van der Waals surface area contributed by atoms with Crippen molar-refractivity contribution in [1.82, 2.24) is 34.6 Å². The molecule has 0 bridgehead atoms. The number of aryl methyl sites for hydroxylation is 1. The smallest absolute Gasteiger partial charge is 0.262 e. The zero-order valence-electron chi connectivity index (χ0n) is 18.5. The van der Waals surface area contributed by atoms with E-state index in [-0.39, 0.29) is 23.9 Å². The number of carbonyl (C=O) groups excluding carboxylic acids is 1. The molecule has 0 fully saturated rings. The molecule has 2 aromatic carbocycles. The summed E-state index contributed by atoms with van der Waals surface area (Å²) in [5.74, 6) is 0.327. The summed E-state index contributed by atoms with van der Waals surface area (Å²) in [6.45, 7) is 1.94. The second-order valence-corrected chi connectivity index (χ2v) is 7.99. The molecule has 0 aliphatic carbocycles. The van der Waals surface area contributed by atoms with Crippen LogP contribution in [0.2, 0.25) is 0 Å². The van der Waals surface area contributed by atoms with Crippen molar-refractivity contribution < 1.29 is 4.79 Å². The molecule has 3 aromatic heterocycles. The lowest BCUT2D eigenvalue weighted by Crippen LogP contribution is -2.27. The fourth-order valence-electron chi connectivity index (χ4n) is 3.82. The minimum atomic E-state index is -0.270. The molecular formula is C25H23N7O2. The van der Waals surface area contributed by atoms with Crippen LogP contribution in [-0.2, 0) is 11.2 Å². The molecule has 0 radical (unpaired) electrons. The number of hydrogen-bond acceptors (Lipinski definition) is 5. The average Bonchev–Trinajstić information content (AvgIpc) is 3.54. The lowest BCUT2D eigenvalue weighted by Gasteiger charge is -2.15. The number of hydrogen-bond donors (Lipinski definition) is 2. The van der Waals surface area contributed by atoms with Gasteiger partial charge < -0.3 is 14.9 Å². The Balaban J connectivity index is 1.25. The molecule has 3 heterocycles. The Labute approximate surface area is 195 Å². The fourth-order valence-corrected chi connectivity index (χ4v) is 3.82. The third kappa shape index (κ3) is 4.36. The Morgan fingerprint density at radius 3 is 2.62 bits per heavy atom. The number of benzene rings is 2. The first-order chi connectivity index (χ1) is 16.6. The summed E-state index contributed by atoms with van der Waals surface area (Å²) in [5.41, 5.74) is 3.01. The Hall–Kier alpha value is -4.53. The van der Waals surface area contributed by atoms with Gasteiger partial charge in [-0.3, -0.25) is 9.59 Å². The monoisotopic (exact) mass is 453 g/mol. The summed E-state index contributed by atoms with van der Waals surface area (Å²) < 4.78 is 3.55. The van der Waals surface area contributed by atoms with Crippen LogP contribution in [0.5, 0.6) is 0 Å². The summed E-state index contributed by atoms with van der Waals surface area (Å²) in [4.78, 5) is 36.5. The van der Waals surface area contributed by atoms with Crippen molar-refractivity contribution in [2.45, 2.75) is 25.8 Å². The maximum Gasteiger partial charge on any atom is 0.262 e. The standard InChI is InChI=1S/C25H23N7O2/c1-17(18-7-9-19(10-8-18)31-14-13-26-16-31)28-23(33)12-11-22-29-24-21(25(34)30-22)15-27-32(24)20-5-3-2-4-6-20/h2-10,13-17H,11-12H2,1H3,(H,28,33)(H,29,30,34)/t17-/m1/s1. The molecule has 170 valence electrons. The molecule has 1 atom stereocenters. The fraction of sp³-hybridized carbons (Fsp3) is 0.160. The van der Waals surface area contributed by atoms with E-state index in [0.717, 1.165) is 16.9 Å². The molecule has 9 nitrogen and oxygen atoms in total. The van der Waals surface area contributed by atoms with Crippen LogP contribution in [0.25, 0.3) is 22.4 Å². The van der Waals surface area contributed by atoms with Gasteiger partial charge in [-0.25, -0.2) is 14.6 Å². The molecule has 9 heteroatoms. The van der Waals surface area contributed by atoms with E-state index >= 15 is 0 Å². The quantitative estimate of drug-likeness (QED) is 0.393. The van der Waals surface area contributed by atoms with E-state index in [2.05, 4.69) is 25.4 Å². The van der Waals surface area contributed by atoms with E-state index in [1.807, 2.05) is 72.3 Å². The van der Waals surface area contributed by atoms with Crippen molar-refractivity contribution in [3.8, 4) is 11.4 Å². The second kappa shape index (κ2) is 9.14. The van der Waals surface area contributed by atoms with Gasteiger partial charge in [0.25, 0.3) is 5.56 Å². The van der Waals surface area contributed by atoms with Crippen LogP contribution in [0.1, 0.15) is 30.8 Å². The number of H-pyrrole nitrogens is 1. The number of aromatic nitrogens is 6. The topological polar surface area (TPSA) is 110 Å². The van der Waals surface area contributed by atoms with Gasteiger partial charge in [-0.15, -0.1) is 0 Å². The molecule has 34 heavy (non-hydrogen) atoms. The molecule has 0 aliphatic heterocycles. The van der Waals surface area contributed by atoms with Crippen molar-refractivity contribution in [1.29, 1.82) is 0 Å². The number of nitrogens with zero attached hydrogens (tertiary/aromatic N) is 5. The normalized spacial score (nSPS) is 12.0. The third-order valence-electron chi connectivity index (χ3n) is 5.65. The number of aromatic amines is 1. The summed E-state index contributed by atoms with van der Waals surface area (Å²) in [6, 6.07) is 17.3. The van der Waals surface area contributed by atoms with Crippen LogP contribution < -0.4 is 10.9 Å². The summed E-state index contributed by atoms with van der Waals surface area (Å²) in [6.07, 6.45) is 7.36. The van der Waals surface area contributed by atoms with E-state index < -0.39 is 0 Å². The predicted molar refractivity (Wildman–Crippen MR) is 128 cm³/mol. The van der Waals surface area contributed by atoms with Crippen molar-refractivity contribution in [2.24, 2.45) is 0 Å². The van der Waals surface area contributed by atoms with E-state index in [4.69, 9.17) is 0 Å². The van der Waals surface area contributed by atoms with Crippen LogP contribution in [-0.4, -0.2) is 35.2 Å². The molecule has 1 amide bonds. The van der Waals surface area contributed by atoms with Crippen molar-refractivity contribution in [2.75, 3.05) is 0 Å². The van der Waals surface area contributed by atoms with E-state index in [9.17, 15) is 9.59 Å². The zero-order chi connectivity index (χ0) is 23.5. The van der Waals surface area contributed by atoms with Crippen LogP contribution in [0.4, 0.5) is 0 Å². The molecule has 5 aromatic rings. The van der Waals surface area contributed by atoms with Crippen LogP contribution in [0.15, 0.2) is 84.3 Å². The number of nitrogens with one attached hydrogen (secondary N) is 2. The predicted octanol–water partition coefficient (Wildman–Crippen LogP) is 3.10. The molecule has 0 spiro atoms. The summed E-state index contributed by atoms with van der Waals surface area (Å²) in [7, 11) is 0. The number of para-hydroxylation sites is 1. The molecule has 0 aliphatic rings. The summed E-state index contributed by atoms with van der Waals surface area (Å²) in [5, 5.41) is 7.72. The Morgan fingerprint density at radius 1 is 1.09 bits per heavy atom. The molecule has 2 N–H and O–H groups in total. The second-order valence-electron chi connectivity index (χ2n) is 7.99. The highest BCUT2D eigenvalue weighted by Crippen LogP contribution is 2.17. The van der Waals surface area contributed by atoms with E-state index in [1.54, 1.807) is 17.2 Å². The van der Waals surface area contributed by atoms with Gasteiger partial charge in [-0.05, 0) is 36.8 Å². The van der Waals surface area contributed by atoms with Gasteiger partial charge in [-0.2, -0.15) is 5.10 Å². The van der Waals surface area contributed by atoms with Crippen molar-refractivity contribution >= 4 is 16.9 Å². The lowest BCUT2D eigenvalue weighted by atomic mass is 10.1. The van der Waals surface area contributed by atoms with Gasteiger partial charge in [0.15, 0.2) is 5.65 Å². The summed E-state index contributed by atoms with van der Waals surface area (Å²) >= 11 is 0. The van der Waals surface area contributed by atoms with Gasteiger partial charge in [0.2, 0.25) is 5.91 Å². The Morgan fingerprint density at radius 2 is 1.88 bits per heavy atom. The minimum absolute atomic E-state index is 0.120. The minimum Gasteiger partial charge on any atom is -0.350 e. The van der Waals surface area contributed by atoms with Gasteiger partial charge >= 0.3 is 0 Å². The van der Waals surface area contributed by atoms with Crippen LogP contribution in [0, 0.1) is 0 Å². The van der Waals surface area contributed by atoms with Crippen LogP contribution >= 0.6 is 0 Å². The average molecular weight is 454 g/mol. The highest BCUT2D eigenvalue weighted by atomic mass is 16.1. The largest absolute Gasteiger partial charge is 0.350 e. The van der Waals surface area contributed by atoms with Gasteiger partial charge in [-0.1, -0.05) is 30.3 Å².